The van der Waals surface area contributed by atoms with Gasteiger partial charge in [-0.15, -0.1) is 0 Å². The van der Waals surface area contributed by atoms with E-state index >= 15 is 0 Å². The molecule has 0 unspecified atom stereocenters. The maximum absolute atomic E-state index is 11.5. The molecule has 0 fully saturated rings. The first-order chi connectivity index (χ1) is 10.2. The van der Waals surface area contributed by atoms with Gasteiger partial charge in [0.1, 0.15) is 0 Å². The first kappa shape index (κ1) is 13.2. The molecule has 21 heavy (non-hydrogen) atoms. The van der Waals surface area contributed by atoms with Gasteiger partial charge in [0.2, 0.25) is 0 Å². The van der Waals surface area contributed by atoms with Crippen molar-refractivity contribution in [3.63, 3.8) is 0 Å². The Kier molecular flexibility index (Phi) is 3.60. The highest BCUT2D eigenvalue weighted by molar-refractivity contribution is 5.49. The van der Waals surface area contributed by atoms with Gasteiger partial charge in [-0.1, -0.05) is 24.3 Å². The predicted molar refractivity (Wildman–Crippen MR) is 84.9 cm³/mol. The van der Waals surface area contributed by atoms with Crippen molar-refractivity contribution >= 4 is 5.69 Å². The van der Waals surface area contributed by atoms with Crippen LogP contribution in [0.4, 0.5) is 5.69 Å². The van der Waals surface area contributed by atoms with Crippen molar-refractivity contribution < 1.29 is 0 Å². The molecule has 0 saturated heterocycles. The van der Waals surface area contributed by atoms with E-state index in [4.69, 9.17) is 0 Å². The molecule has 0 aliphatic rings. The minimum absolute atomic E-state index is 0.129. The third kappa shape index (κ3) is 2.89. The molecular formula is C17H17N3O. The molecule has 0 saturated carbocycles. The number of aromatic nitrogens is 2. The highest BCUT2D eigenvalue weighted by Crippen LogP contribution is 2.14. The molecule has 0 bridgehead atoms. The first-order valence-electron chi connectivity index (χ1n) is 6.89. The SMILES string of the molecule is Cc1ccccc1CNc1ccc(-n2cc[nH]c2=O)cc1. The van der Waals surface area contributed by atoms with Crippen molar-refractivity contribution in [3.8, 4) is 5.69 Å². The number of imidazole rings is 1. The van der Waals surface area contributed by atoms with Gasteiger partial charge in [0.25, 0.3) is 0 Å². The second-order valence-corrected chi connectivity index (χ2v) is 4.96. The van der Waals surface area contributed by atoms with Crippen LogP contribution in [0.5, 0.6) is 0 Å². The zero-order valence-corrected chi connectivity index (χ0v) is 11.8. The quantitative estimate of drug-likeness (QED) is 0.771. The molecule has 0 spiro atoms. The Morgan fingerprint density at radius 2 is 1.86 bits per heavy atom. The summed E-state index contributed by atoms with van der Waals surface area (Å²) in [4.78, 5) is 14.2. The van der Waals surface area contributed by atoms with Gasteiger partial charge in [0, 0.05) is 24.6 Å². The number of hydrogen-bond acceptors (Lipinski definition) is 2. The number of nitrogens with zero attached hydrogens (tertiary/aromatic N) is 1. The van der Waals surface area contributed by atoms with Crippen LogP contribution in [0.15, 0.2) is 65.7 Å². The molecule has 0 atom stereocenters. The Morgan fingerprint density at radius 3 is 2.52 bits per heavy atom. The fourth-order valence-corrected chi connectivity index (χ4v) is 2.27. The lowest BCUT2D eigenvalue weighted by Crippen LogP contribution is -2.13. The lowest BCUT2D eigenvalue weighted by molar-refractivity contribution is 0.987. The van der Waals surface area contributed by atoms with Crippen LogP contribution in [-0.4, -0.2) is 9.55 Å². The topological polar surface area (TPSA) is 49.8 Å². The molecule has 0 aliphatic carbocycles. The third-order valence-electron chi connectivity index (χ3n) is 3.54. The minimum Gasteiger partial charge on any atom is -0.381 e. The normalized spacial score (nSPS) is 10.5. The van der Waals surface area contributed by atoms with E-state index in [9.17, 15) is 4.79 Å². The molecule has 0 aliphatic heterocycles. The van der Waals surface area contributed by atoms with Gasteiger partial charge in [-0.3, -0.25) is 4.57 Å². The molecular weight excluding hydrogens is 262 g/mol. The molecule has 2 N–H and O–H groups in total. The second kappa shape index (κ2) is 5.71. The van der Waals surface area contributed by atoms with Crippen LogP contribution in [-0.2, 0) is 6.54 Å². The summed E-state index contributed by atoms with van der Waals surface area (Å²) in [5, 5.41) is 3.39. The van der Waals surface area contributed by atoms with Gasteiger partial charge in [-0.2, -0.15) is 0 Å². The number of benzene rings is 2. The van der Waals surface area contributed by atoms with Crippen LogP contribution in [0.1, 0.15) is 11.1 Å². The van der Waals surface area contributed by atoms with Crippen LogP contribution < -0.4 is 11.0 Å². The Balaban J connectivity index is 1.72. The highest BCUT2D eigenvalue weighted by atomic mass is 16.1. The maximum Gasteiger partial charge on any atom is 0.330 e. The second-order valence-electron chi connectivity index (χ2n) is 4.96. The van der Waals surface area contributed by atoms with E-state index in [2.05, 4.69) is 29.4 Å². The molecule has 0 radical (unpaired) electrons. The summed E-state index contributed by atoms with van der Waals surface area (Å²) >= 11 is 0. The molecule has 3 aromatic rings. The van der Waals surface area contributed by atoms with Crippen molar-refractivity contribution in [3.05, 3.63) is 82.5 Å². The largest absolute Gasteiger partial charge is 0.381 e. The van der Waals surface area contributed by atoms with Crippen molar-refractivity contribution in [2.45, 2.75) is 13.5 Å². The summed E-state index contributed by atoms with van der Waals surface area (Å²) in [7, 11) is 0. The van der Waals surface area contributed by atoms with E-state index in [0.29, 0.717) is 0 Å². The average Bonchev–Trinajstić information content (AvgIpc) is 2.93. The fraction of sp³-hybridized carbons (Fsp3) is 0.118. The Hall–Kier alpha value is -2.75. The van der Waals surface area contributed by atoms with E-state index in [1.54, 1.807) is 17.0 Å². The Bertz CT molecular complexity index is 784. The van der Waals surface area contributed by atoms with Gasteiger partial charge >= 0.3 is 5.69 Å². The molecule has 4 heteroatoms. The van der Waals surface area contributed by atoms with Crippen LogP contribution in [0.2, 0.25) is 0 Å². The van der Waals surface area contributed by atoms with Crippen molar-refractivity contribution in [1.82, 2.24) is 9.55 Å². The minimum atomic E-state index is -0.129. The lowest BCUT2D eigenvalue weighted by Gasteiger charge is -2.09. The highest BCUT2D eigenvalue weighted by Gasteiger charge is 2.01. The van der Waals surface area contributed by atoms with Crippen LogP contribution in [0.25, 0.3) is 5.69 Å². The molecule has 1 heterocycles. The van der Waals surface area contributed by atoms with E-state index in [1.807, 2.05) is 36.4 Å². The summed E-state index contributed by atoms with van der Waals surface area (Å²) in [6.07, 6.45) is 3.35. The van der Waals surface area contributed by atoms with Crippen LogP contribution in [0.3, 0.4) is 0 Å². The third-order valence-corrected chi connectivity index (χ3v) is 3.54. The van der Waals surface area contributed by atoms with Crippen LogP contribution in [0, 0.1) is 6.92 Å². The van der Waals surface area contributed by atoms with Gasteiger partial charge in [-0.25, -0.2) is 4.79 Å². The molecule has 4 nitrogen and oxygen atoms in total. The van der Waals surface area contributed by atoms with Gasteiger partial charge in [0.15, 0.2) is 0 Å². The van der Waals surface area contributed by atoms with Crippen molar-refractivity contribution in [2.24, 2.45) is 0 Å². The maximum atomic E-state index is 11.5. The number of hydrogen-bond donors (Lipinski definition) is 2. The summed E-state index contributed by atoms with van der Waals surface area (Å²) in [5.41, 5.74) is 4.31. The molecule has 106 valence electrons. The summed E-state index contributed by atoms with van der Waals surface area (Å²) < 4.78 is 1.57. The van der Waals surface area contributed by atoms with Crippen molar-refractivity contribution in [2.75, 3.05) is 5.32 Å². The van der Waals surface area contributed by atoms with Crippen molar-refractivity contribution in [1.29, 1.82) is 0 Å². The number of aryl methyl sites for hydroxylation is 1. The smallest absolute Gasteiger partial charge is 0.330 e. The van der Waals surface area contributed by atoms with Crippen LogP contribution >= 0.6 is 0 Å². The number of anilines is 1. The average molecular weight is 279 g/mol. The first-order valence-corrected chi connectivity index (χ1v) is 6.89. The zero-order valence-electron chi connectivity index (χ0n) is 11.8. The number of aromatic amines is 1. The number of nitrogens with one attached hydrogen (secondary N) is 2. The van der Waals surface area contributed by atoms with Gasteiger partial charge < -0.3 is 10.3 Å². The van der Waals surface area contributed by atoms with E-state index in [0.717, 1.165) is 17.9 Å². The van der Waals surface area contributed by atoms with E-state index in [1.165, 1.54) is 11.1 Å². The monoisotopic (exact) mass is 279 g/mol. The molecule has 0 amide bonds. The molecule has 3 rings (SSSR count). The summed E-state index contributed by atoms with van der Waals surface area (Å²) in [6, 6.07) is 16.1. The number of H-pyrrole nitrogens is 1. The van der Waals surface area contributed by atoms with E-state index < -0.39 is 0 Å². The Labute approximate surface area is 123 Å². The number of rotatable bonds is 4. The zero-order chi connectivity index (χ0) is 14.7. The van der Waals surface area contributed by atoms with Gasteiger partial charge in [-0.05, 0) is 42.3 Å². The molecule has 1 aromatic heterocycles. The summed E-state index contributed by atoms with van der Waals surface area (Å²) in [5.74, 6) is 0. The standard InChI is InChI=1S/C17H17N3O/c1-13-4-2-3-5-14(13)12-19-15-6-8-16(9-7-15)20-11-10-18-17(20)21/h2-11,19H,12H2,1H3,(H,18,21). The molecule has 2 aromatic carbocycles. The summed E-state index contributed by atoms with van der Waals surface area (Å²) in [6.45, 7) is 2.90. The fourth-order valence-electron chi connectivity index (χ4n) is 2.27. The van der Waals surface area contributed by atoms with E-state index in [-0.39, 0.29) is 5.69 Å². The van der Waals surface area contributed by atoms with Gasteiger partial charge in [0.05, 0.1) is 5.69 Å². The lowest BCUT2D eigenvalue weighted by atomic mass is 10.1. The Morgan fingerprint density at radius 1 is 1.10 bits per heavy atom. The predicted octanol–water partition coefficient (Wildman–Crippen LogP) is 3.09.